The van der Waals surface area contributed by atoms with Crippen molar-refractivity contribution in [1.29, 1.82) is 0 Å². The Kier molecular flexibility index (Phi) is 4.90. The van der Waals surface area contributed by atoms with Crippen LogP contribution in [-0.2, 0) is 4.79 Å². The summed E-state index contributed by atoms with van der Waals surface area (Å²) in [5.41, 5.74) is -0.174. The first-order valence-electron chi connectivity index (χ1n) is 6.47. The molecule has 0 heterocycles. The van der Waals surface area contributed by atoms with Gasteiger partial charge in [0, 0.05) is 12.1 Å². The SMILES string of the molecule is CC(C)(NCC=Cc1ccccc1)C(C)(C)C(=O)O. The maximum Gasteiger partial charge on any atom is 0.310 e. The quantitative estimate of drug-likeness (QED) is 0.827. The average molecular weight is 261 g/mol. The van der Waals surface area contributed by atoms with Crippen molar-refractivity contribution in [3.63, 3.8) is 0 Å². The van der Waals surface area contributed by atoms with E-state index in [0.717, 1.165) is 5.56 Å². The van der Waals surface area contributed by atoms with Crippen molar-refractivity contribution < 1.29 is 9.90 Å². The molecule has 0 aliphatic heterocycles. The highest BCUT2D eigenvalue weighted by Gasteiger charge is 2.42. The van der Waals surface area contributed by atoms with E-state index in [4.69, 9.17) is 0 Å². The van der Waals surface area contributed by atoms with E-state index in [0.29, 0.717) is 6.54 Å². The molecular formula is C16H23NO2. The maximum atomic E-state index is 11.3. The van der Waals surface area contributed by atoms with Crippen LogP contribution in [0.15, 0.2) is 36.4 Å². The first-order valence-corrected chi connectivity index (χ1v) is 6.47. The fraction of sp³-hybridized carbons (Fsp3) is 0.438. The summed E-state index contributed by atoms with van der Waals surface area (Å²) in [6, 6.07) is 10.0. The lowest BCUT2D eigenvalue weighted by Gasteiger charge is -2.38. The molecule has 0 fully saturated rings. The van der Waals surface area contributed by atoms with Gasteiger partial charge < -0.3 is 10.4 Å². The molecule has 0 aliphatic rings. The lowest BCUT2D eigenvalue weighted by molar-refractivity contribution is -0.151. The number of hydrogen-bond acceptors (Lipinski definition) is 2. The van der Waals surface area contributed by atoms with Crippen molar-refractivity contribution in [2.24, 2.45) is 5.41 Å². The van der Waals surface area contributed by atoms with E-state index in [1.165, 1.54) is 0 Å². The van der Waals surface area contributed by atoms with Crippen LogP contribution in [0.3, 0.4) is 0 Å². The molecule has 3 heteroatoms. The zero-order valence-electron chi connectivity index (χ0n) is 12.1. The van der Waals surface area contributed by atoms with Crippen LogP contribution in [0.4, 0.5) is 0 Å². The zero-order chi connectivity index (χ0) is 14.5. The Balaban J connectivity index is 2.57. The van der Waals surface area contributed by atoms with Crippen molar-refractivity contribution in [3.05, 3.63) is 42.0 Å². The molecule has 3 nitrogen and oxygen atoms in total. The molecule has 0 spiro atoms. The third-order valence-electron chi connectivity index (χ3n) is 3.87. The molecular weight excluding hydrogens is 238 g/mol. The summed E-state index contributed by atoms with van der Waals surface area (Å²) in [5, 5.41) is 12.5. The van der Waals surface area contributed by atoms with Crippen molar-refractivity contribution in [1.82, 2.24) is 5.32 Å². The van der Waals surface area contributed by atoms with E-state index in [1.54, 1.807) is 13.8 Å². The van der Waals surface area contributed by atoms with Crippen LogP contribution in [0.2, 0.25) is 0 Å². The average Bonchev–Trinajstić information content (AvgIpc) is 2.35. The van der Waals surface area contributed by atoms with Crippen LogP contribution in [-0.4, -0.2) is 23.2 Å². The molecule has 0 saturated heterocycles. The molecule has 1 aromatic carbocycles. The van der Waals surface area contributed by atoms with Crippen LogP contribution in [0.1, 0.15) is 33.3 Å². The Hall–Kier alpha value is -1.61. The summed E-state index contributed by atoms with van der Waals surface area (Å²) in [7, 11) is 0. The summed E-state index contributed by atoms with van der Waals surface area (Å²) >= 11 is 0. The van der Waals surface area contributed by atoms with Gasteiger partial charge in [-0.15, -0.1) is 0 Å². The molecule has 0 aliphatic carbocycles. The van der Waals surface area contributed by atoms with Crippen LogP contribution in [0, 0.1) is 5.41 Å². The molecule has 0 amide bonds. The monoisotopic (exact) mass is 261 g/mol. The van der Waals surface area contributed by atoms with Crippen molar-refractivity contribution in [2.75, 3.05) is 6.54 Å². The summed E-state index contributed by atoms with van der Waals surface area (Å²) in [6.07, 6.45) is 4.03. The number of nitrogens with one attached hydrogen (secondary N) is 1. The van der Waals surface area contributed by atoms with Gasteiger partial charge in [-0.2, -0.15) is 0 Å². The second kappa shape index (κ2) is 6.02. The van der Waals surface area contributed by atoms with Crippen LogP contribution < -0.4 is 5.32 Å². The summed E-state index contributed by atoms with van der Waals surface area (Å²) in [4.78, 5) is 11.3. The van der Waals surface area contributed by atoms with Crippen LogP contribution >= 0.6 is 0 Å². The topological polar surface area (TPSA) is 49.3 Å². The van der Waals surface area contributed by atoms with E-state index >= 15 is 0 Å². The minimum atomic E-state index is -0.826. The number of rotatable bonds is 6. The first-order chi connectivity index (χ1) is 8.77. The van der Waals surface area contributed by atoms with Crippen LogP contribution in [0.25, 0.3) is 6.08 Å². The van der Waals surface area contributed by atoms with Gasteiger partial charge in [-0.1, -0.05) is 42.5 Å². The number of carboxylic acids is 1. The predicted molar refractivity (Wildman–Crippen MR) is 79.0 cm³/mol. The number of aliphatic carboxylic acids is 1. The smallest absolute Gasteiger partial charge is 0.310 e. The summed E-state index contributed by atoms with van der Waals surface area (Å²) in [5.74, 6) is -0.794. The highest BCUT2D eigenvalue weighted by molar-refractivity contribution is 5.75. The van der Waals surface area contributed by atoms with Gasteiger partial charge in [0.05, 0.1) is 5.41 Å². The first kappa shape index (κ1) is 15.4. The normalized spacial score (nSPS) is 12.8. The lowest BCUT2D eigenvalue weighted by Crippen LogP contribution is -2.55. The van der Waals surface area contributed by atoms with Gasteiger partial charge in [-0.3, -0.25) is 4.79 Å². The standard InChI is InChI=1S/C16H23NO2/c1-15(2,14(18)19)16(3,4)17-12-8-11-13-9-6-5-7-10-13/h5-11,17H,12H2,1-4H3,(H,18,19). The molecule has 19 heavy (non-hydrogen) atoms. The molecule has 1 rings (SSSR count). The van der Waals surface area contributed by atoms with Gasteiger partial charge in [0.25, 0.3) is 0 Å². The van der Waals surface area contributed by atoms with E-state index in [9.17, 15) is 9.90 Å². The Morgan fingerprint density at radius 2 is 1.79 bits per heavy atom. The fourth-order valence-corrected chi connectivity index (χ4v) is 1.56. The second-order valence-electron chi connectivity index (χ2n) is 5.75. The Labute approximate surface area is 115 Å². The van der Waals surface area contributed by atoms with E-state index in [2.05, 4.69) is 5.32 Å². The Morgan fingerprint density at radius 1 is 1.21 bits per heavy atom. The molecule has 0 saturated carbocycles. The summed E-state index contributed by atoms with van der Waals surface area (Å²) < 4.78 is 0. The van der Waals surface area contributed by atoms with Crippen LogP contribution in [0.5, 0.6) is 0 Å². The van der Waals surface area contributed by atoms with E-state index < -0.39 is 16.9 Å². The predicted octanol–water partition coefficient (Wildman–Crippen LogP) is 3.18. The minimum Gasteiger partial charge on any atom is -0.481 e. The molecule has 0 bridgehead atoms. The molecule has 0 radical (unpaired) electrons. The molecule has 104 valence electrons. The molecule has 0 unspecified atom stereocenters. The Morgan fingerprint density at radius 3 is 2.32 bits per heavy atom. The van der Waals surface area contributed by atoms with Gasteiger partial charge in [-0.05, 0) is 33.3 Å². The number of carboxylic acid groups (broad SMARTS) is 1. The Bertz CT molecular complexity index is 447. The molecule has 2 N–H and O–H groups in total. The summed E-state index contributed by atoms with van der Waals surface area (Å²) in [6.45, 7) is 7.94. The number of hydrogen-bond donors (Lipinski definition) is 2. The van der Waals surface area contributed by atoms with E-state index in [-0.39, 0.29) is 0 Å². The maximum absolute atomic E-state index is 11.3. The highest BCUT2D eigenvalue weighted by Crippen LogP contribution is 2.30. The third kappa shape index (κ3) is 3.93. The number of carbonyl (C=O) groups is 1. The lowest BCUT2D eigenvalue weighted by atomic mass is 9.74. The van der Waals surface area contributed by atoms with E-state index in [1.807, 2.05) is 56.3 Å². The largest absolute Gasteiger partial charge is 0.481 e. The van der Waals surface area contributed by atoms with Gasteiger partial charge in [0.1, 0.15) is 0 Å². The van der Waals surface area contributed by atoms with Gasteiger partial charge >= 0.3 is 5.97 Å². The van der Waals surface area contributed by atoms with Gasteiger partial charge in [-0.25, -0.2) is 0 Å². The molecule has 0 aromatic heterocycles. The van der Waals surface area contributed by atoms with Crippen molar-refractivity contribution >= 4 is 12.0 Å². The molecule has 1 aromatic rings. The number of benzene rings is 1. The van der Waals surface area contributed by atoms with Crippen molar-refractivity contribution in [3.8, 4) is 0 Å². The fourth-order valence-electron chi connectivity index (χ4n) is 1.56. The second-order valence-corrected chi connectivity index (χ2v) is 5.75. The van der Waals surface area contributed by atoms with Gasteiger partial charge in [0.2, 0.25) is 0 Å². The zero-order valence-corrected chi connectivity index (χ0v) is 12.1. The third-order valence-corrected chi connectivity index (χ3v) is 3.87. The minimum absolute atomic E-state index is 0.486. The van der Waals surface area contributed by atoms with Crippen molar-refractivity contribution in [2.45, 2.75) is 33.2 Å². The van der Waals surface area contributed by atoms with Gasteiger partial charge in [0.15, 0.2) is 0 Å². The molecule has 0 atom stereocenters. The highest BCUT2D eigenvalue weighted by atomic mass is 16.4.